The second-order valence-electron chi connectivity index (χ2n) is 7.25. The Kier molecular flexibility index (Phi) is 6.57. The molecule has 2 heterocycles. The molecule has 1 atom stereocenters. The van der Waals surface area contributed by atoms with Crippen molar-refractivity contribution in [1.82, 2.24) is 15.1 Å². The zero-order valence-electron chi connectivity index (χ0n) is 17.2. The number of para-hydroxylation sites is 1. The molecule has 2 amide bonds. The summed E-state index contributed by atoms with van der Waals surface area (Å²) < 4.78 is 7.31. The van der Waals surface area contributed by atoms with Gasteiger partial charge in [-0.3, -0.25) is 9.59 Å². The first-order chi connectivity index (χ1) is 15.1. The van der Waals surface area contributed by atoms with E-state index in [1.54, 1.807) is 35.5 Å². The number of benzene rings is 2. The Morgan fingerprint density at radius 1 is 1.10 bits per heavy atom. The van der Waals surface area contributed by atoms with Gasteiger partial charge in [-0.1, -0.05) is 48.5 Å². The summed E-state index contributed by atoms with van der Waals surface area (Å²) >= 11 is 1.74. The van der Waals surface area contributed by atoms with Crippen molar-refractivity contribution >= 4 is 29.4 Å². The number of hydrogen-bond donors (Lipinski definition) is 2. The van der Waals surface area contributed by atoms with Crippen molar-refractivity contribution in [2.45, 2.75) is 37.6 Å². The summed E-state index contributed by atoms with van der Waals surface area (Å²) in [5, 5.41) is 10.4. The molecule has 0 unspecified atom stereocenters. The topological polar surface area (TPSA) is 85.2 Å². The van der Waals surface area contributed by atoms with Gasteiger partial charge in [0.2, 0.25) is 5.91 Å². The number of nitrogens with one attached hydrogen (secondary N) is 2. The van der Waals surface area contributed by atoms with Crippen molar-refractivity contribution in [1.29, 1.82) is 0 Å². The van der Waals surface area contributed by atoms with Crippen LogP contribution in [0, 0.1) is 0 Å². The van der Waals surface area contributed by atoms with E-state index in [2.05, 4.69) is 15.7 Å². The van der Waals surface area contributed by atoms with Crippen LogP contribution in [0.2, 0.25) is 0 Å². The van der Waals surface area contributed by atoms with E-state index in [-0.39, 0.29) is 18.4 Å². The van der Waals surface area contributed by atoms with Crippen molar-refractivity contribution in [3.05, 3.63) is 77.5 Å². The van der Waals surface area contributed by atoms with Crippen LogP contribution in [0.15, 0.2) is 60.7 Å². The van der Waals surface area contributed by atoms with Crippen LogP contribution in [0.5, 0.6) is 5.75 Å². The summed E-state index contributed by atoms with van der Waals surface area (Å²) in [6, 6.07) is 18.9. The van der Waals surface area contributed by atoms with E-state index in [0.717, 1.165) is 28.3 Å². The molecule has 0 aliphatic carbocycles. The molecule has 0 spiro atoms. The van der Waals surface area contributed by atoms with Crippen LogP contribution in [-0.4, -0.2) is 27.7 Å². The average molecular weight is 437 g/mol. The summed E-state index contributed by atoms with van der Waals surface area (Å²) in [4.78, 5) is 25.3. The largest absolute Gasteiger partial charge is 0.481 e. The fraction of sp³-hybridized carbons (Fsp3) is 0.261. The lowest BCUT2D eigenvalue weighted by atomic mass is 10.2. The summed E-state index contributed by atoms with van der Waals surface area (Å²) in [6.07, 6.45) is -0.692. The van der Waals surface area contributed by atoms with Crippen LogP contribution < -0.4 is 15.4 Å². The van der Waals surface area contributed by atoms with E-state index in [1.807, 2.05) is 48.5 Å². The highest BCUT2D eigenvalue weighted by Gasteiger charge is 2.26. The van der Waals surface area contributed by atoms with E-state index in [4.69, 9.17) is 4.74 Å². The number of nitrogens with zero attached hydrogens (tertiary/aromatic N) is 2. The number of hydrogen-bond acceptors (Lipinski definition) is 5. The molecule has 1 aliphatic heterocycles. The second-order valence-corrected chi connectivity index (χ2v) is 8.23. The number of aromatic nitrogens is 2. The third-order valence-corrected chi connectivity index (χ3v) is 5.88. The standard InChI is InChI=1S/C23H24N4O3S/c1-16(30-18-10-6-3-7-11-18)23(29)25-22-19-14-31-15-20(19)26-27(22)13-21(28)24-12-17-8-4-2-5-9-17/h2-11,16H,12-15H2,1H3,(H,24,28)(H,25,29)/t16-/m0/s1. The van der Waals surface area contributed by atoms with Gasteiger partial charge in [0.1, 0.15) is 18.1 Å². The Balaban J connectivity index is 1.42. The molecular weight excluding hydrogens is 412 g/mol. The first kappa shape index (κ1) is 21.0. The highest BCUT2D eigenvalue weighted by molar-refractivity contribution is 7.98. The lowest BCUT2D eigenvalue weighted by Gasteiger charge is -2.16. The molecule has 4 rings (SSSR count). The predicted molar refractivity (Wildman–Crippen MR) is 121 cm³/mol. The number of anilines is 1. The van der Waals surface area contributed by atoms with Crippen LogP contribution in [-0.2, 0) is 34.2 Å². The van der Waals surface area contributed by atoms with Gasteiger partial charge in [0, 0.05) is 23.6 Å². The normalized spacial score (nSPS) is 13.3. The maximum atomic E-state index is 12.8. The molecule has 0 radical (unpaired) electrons. The Morgan fingerprint density at radius 3 is 2.55 bits per heavy atom. The van der Waals surface area contributed by atoms with Crippen molar-refractivity contribution in [2.75, 3.05) is 5.32 Å². The SMILES string of the molecule is C[C@H](Oc1ccccc1)C(=O)Nc1c2c(nn1CC(=O)NCc1ccccc1)CSC2. The summed E-state index contributed by atoms with van der Waals surface area (Å²) in [6.45, 7) is 2.18. The zero-order valence-corrected chi connectivity index (χ0v) is 18.0. The van der Waals surface area contributed by atoms with Crippen LogP contribution in [0.25, 0.3) is 0 Å². The minimum Gasteiger partial charge on any atom is -0.481 e. The maximum absolute atomic E-state index is 12.8. The van der Waals surface area contributed by atoms with E-state index in [0.29, 0.717) is 18.1 Å². The fourth-order valence-corrected chi connectivity index (χ4v) is 4.32. The molecule has 2 aromatic carbocycles. The Morgan fingerprint density at radius 2 is 1.81 bits per heavy atom. The lowest BCUT2D eigenvalue weighted by Crippen LogP contribution is -2.33. The Bertz CT molecular complexity index is 1050. The minimum absolute atomic E-state index is 0.0358. The Labute approximate surface area is 185 Å². The third kappa shape index (κ3) is 5.27. The van der Waals surface area contributed by atoms with E-state index in [1.165, 1.54) is 0 Å². The number of carbonyl (C=O) groups is 2. The summed E-state index contributed by atoms with van der Waals surface area (Å²) in [7, 11) is 0. The fourth-order valence-electron chi connectivity index (χ4n) is 3.28. The molecule has 0 saturated carbocycles. The number of rotatable bonds is 8. The zero-order chi connectivity index (χ0) is 21.6. The number of carbonyl (C=O) groups excluding carboxylic acids is 2. The summed E-state index contributed by atoms with van der Waals surface area (Å²) in [5.41, 5.74) is 2.91. The van der Waals surface area contributed by atoms with Gasteiger partial charge >= 0.3 is 0 Å². The molecule has 160 valence electrons. The first-order valence-corrected chi connectivity index (χ1v) is 11.2. The highest BCUT2D eigenvalue weighted by atomic mass is 32.2. The maximum Gasteiger partial charge on any atom is 0.266 e. The van der Waals surface area contributed by atoms with E-state index in [9.17, 15) is 9.59 Å². The van der Waals surface area contributed by atoms with Gasteiger partial charge in [-0.05, 0) is 24.6 Å². The lowest BCUT2D eigenvalue weighted by molar-refractivity contribution is -0.123. The van der Waals surface area contributed by atoms with Crippen LogP contribution in [0.1, 0.15) is 23.7 Å². The molecule has 8 heteroatoms. The van der Waals surface area contributed by atoms with Crippen LogP contribution in [0.3, 0.4) is 0 Å². The molecule has 0 saturated heterocycles. The number of fused-ring (bicyclic) bond motifs is 1. The molecule has 0 bridgehead atoms. The Hall–Kier alpha value is -3.26. The van der Waals surface area contributed by atoms with Crippen molar-refractivity contribution in [3.63, 3.8) is 0 Å². The van der Waals surface area contributed by atoms with Gasteiger partial charge in [0.15, 0.2) is 6.10 Å². The third-order valence-electron chi connectivity index (χ3n) is 4.91. The van der Waals surface area contributed by atoms with Gasteiger partial charge in [0.05, 0.1) is 5.69 Å². The quantitative estimate of drug-likeness (QED) is 0.566. The van der Waals surface area contributed by atoms with Crippen molar-refractivity contribution in [3.8, 4) is 5.75 Å². The molecule has 1 aromatic heterocycles. The van der Waals surface area contributed by atoms with E-state index >= 15 is 0 Å². The van der Waals surface area contributed by atoms with Gasteiger partial charge in [-0.2, -0.15) is 16.9 Å². The summed E-state index contributed by atoms with van der Waals surface area (Å²) in [5.74, 6) is 2.27. The molecular formula is C23H24N4O3S. The van der Waals surface area contributed by atoms with Gasteiger partial charge < -0.3 is 15.4 Å². The number of ether oxygens (including phenoxy) is 1. The molecule has 3 aromatic rings. The van der Waals surface area contributed by atoms with Gasteiger partial charge in [-0.15, -0.1) is 0 Å². The molecule has 31 heavy (non-hydrogen) atoms. The van der Waals surface area contributed by atoms with E-state index < -0.39 is 6.10 Å². The highest BCUT2D eigenvalue weighted by Crippen LogP contribution is 2.34. The van der Waals surface area contributed by atoms with Crippen molar-refractivity contribution in [2.24, 2.45) is 0 Å². The molecule has 0 fully saturated rings. The molecule has 2 N–H and O–H groups in total. The van der Waals surface area contributed by atoms with Gasteiger partial charge in [0.25, 0.3) is 5.91 Å². The van der Waals surface area contributed by atoms with Crippen molar-refractivity contribution < 1.29 is 14.3 Å². The molecule has 7 nitrogen and oxygen atoms in total. The molecule has 1 aliphatic rings. The smallest absolute Gasteiger partial charge is 0.266 e. The monoisotopic (exact) mass is 436 g/mol. The van der Waals surface area contributed by atoms with Crippen LogP contribution >= 0.6 is 11.8 Å². The van der Waals surface area contributed by atoms with Crippen LogP contribution in [0.4, 0.5) is 5.82 Å². The predicted octanol–water partition coefficient (Wildman–Crippen LogP) is 3.35. The minimum atomic E-state index is -0.692. The first-order valence-electron chi connectivity index (χ1n) is 10.1. The second kappa shape index (κ2) is 9.70. The average Bonchev–Trinajstić information content (AvgIpc) is 3.36. The number of amides is 2. The van der Waals surface area contributed by atoms with Gasteiger partial charge in [-0.25, -0.2) is 4.68 Å². The number of thioether (sulfide) groups is 1.